The number of ether oxygens (including phenoxy) is 6. The molecule has 0 bridgehead atoms. The van der Waals surface area contributed by atoms with Gasteiger partial charge in [-0.2, -0.15) is 0 Å². The first-order valence-electron chi connectivity index (χ1n) is 14.8. The van der Waals surface area contributed by atoms with E-state index in [9.17, 15) is 14.4 Å². The summed E-state index contributed by atoms with van der Waals surface area (Å²) in [5, 5.41) is 2.56. The summed E-state index contributed by atoms with van der Waals surface area (Å²) in [6.07, 6.45) is -0.611. The largest absolute Gasteiger partial charge is 0.461 e. The predicted octanol–water partition coefficient (Wildman–Crippen LogP) is 4.45. The van der Waals surface area contributed by atoms with E-state index in [1.807, 2.05) is 74.5 Å². The maximum absolute atomic E-state index is 13.8. The molecule has 0 aliphatic carbocycles. The number of carbonyl (C=O) groups excluding carboxylic acids is 3. The number of carbonyl (C=O) groups is 3. The molecule has 2 aromatic carbocycles. The highest BCUT2D eigenvalue weighted by molar-refractivity contribution is 5.93. The maximum Gasteiger partial charge on any atom is 0.410 e. The first-order chi connectivity index (χ1) is 21.1. The summed E-state index contributed by atoms with van der Waals surface area (Å²) in [4.78, 5) is 40.1. The van der Waals surface area contributed by atoms with Crippen molar-refractivity contribution in [1.82, 2.24) is 10.2 Å². The van der Waals surface area contributed by atoms with E-state index in [0.717, 1.165) is 11.1 Å². The predicted molar refractivity (Wildman–Crippen MR) is 160 cm³/mol. The fourth-order valence-corrected chi connectivity index (χ4v) is 5.40. The Morgan fingerprint density at radius 2 is 1.61 bits per heavy atom. The second-order valence-corrected chi connectivity index (χ2v) is 11.1. The van der Waals surface area contributed by atoms with Gasteiger partial charge >= 0.3 is 12.1 Å². The number of hydrogen-bond acceptors (Lipinski definition) is 9. The highest BCUT2D eigenvalue weighted by atomic mass is 16.8. The minimum atomic E-state index is -0.843. The first kappa shape index (κ1) is 33.1. The van der Waals surface area contributed by atoms with Crippen LogP contribution in [0.2, 0.25) is 0 Å². The molecular formula is C33H42N2O9. The van der Waals surface area contributed by atoms with Crippen molar-refractivity contribution in [1.29, 1.82) is 0 Å². The lowest BCUT2D eigenvalue weighted by Gasteiger charge is -2.33. The highest BCUT2D eigenvalue weighted by Gasteiger charge is 2.56. The summed E-state index contributed by atoms with van der Waals surface area (Å²) in [5.74, 6) is -1.94. The van der Waals surface area contributed by atoms with E-state index in [1.54, 1.807) is 25.0 Å². The quantitative estimate of drug-likeness (QED) is 0.259. The Hall–Kier alpha value is -3.77. The Morgan fingerprint density at radius 3 is 2.23 bits per heavy atom. The molecule has 2 amide bonds. The van der Waals surface area contributed by atoms with E-state index in [2.05, 4.69) is 5.32 Å². The molecule has 238 valence electrons. The van der Waals surface area contributed by atoms with Crippen LogP contribution >= 0.6 is 0 Å². The van der Waals surface area contributed by atoms with Crippen molar-refractivity contribution in [3.63, 3.8) is 0 Å². The van der Waals surface area contributed by atoms with E-state index < -0.39 is 54.4 Å². The molecule has 0 spiro atoms. The van der Waals surface area contributed by atoms with Crippen LogP contribution in [-0.2, 0) is 51.2 Å². The standard InChI is InChI=1S/C33H42N2O9/c1-6-40-30(37)26(34-22(2)36)18-17-25(19-27-28-29(31(39-5)42-27)44-33(3,4)43-28)35(20-23-13-9-7-10-14-23)32(38)41-21-24-15-11-8-12-16-24/h7-16,18,25,27-29,31H,6,17,19-21H2,1-5H3,(H,34,36)/b26-18+/t25-,27+,28+,29+,31+/m0/s1. The molecule has 5 atom stereocenters. The van der Waals surface area contributed by atoms with Gasteiger partial charge in [-0.3, -0.25) is 4.79 Å². The minimum absolute atomic E-state index is 0.0109. The number of hydrogen-bond donors (Lipinski definition) is 1. The molecule has 0 radical (unpaired) electrons. The van der Waals surface area contributed by atoms with Gasteiger partial charge in [-0.1, -0.05) is 66.7 Å². The Balaban J connectivity index is 1.68. The number of amides is 2. The van der Waals surface area contributed by atoms with Crippen LogP contribution in [0.3, 0.4) is 0 Å². The van der Waals surface area contributed by atoms with Gasteiger partial charge in [0.05, 0.1) is 12.7 Å². The zero-order valence-electron chi connectivity index (χ0n) is 25.9. The normalized spacial score (nSPS) is 23.0. The Kier molecular flexibility index (Phi) is 11.5. The summed E-state index contributed by atoms with van der Waals surface area (Å²) >= 11 is 0. The molecule has 0 unspecified atom stereocenters. The van der Waals surface area contributed by atoms with Crippen molar-refractivity contribution in [3.05, 3.63) is 83.6 Å². The summed E-state index contributed by atoms with van der Waals surface area (Å²) < 4.78 is 35.1. The topological polar surface area (TPSA) is 122 Å². The van der Waals surface area contributed by atoms with Crippen molar-refractivity contribution < 1.29 is 42.8 Å². The molecule has 44 heavy (non-hydrogen) atoms. The van der Waals surface area contributed by atoms with Gasteiger partial charge in [-0.05, 0) is 44.7 Å². The first-order valence-corrected chi connectivity index (χ1v) is 14.8. The maximum atomic E-state index is 13.8. The van der Waals surface area contributed by atoms with Gasteiger partial charge in [-0.15, -0.1) is 0 Å². The third-order valence-corrected chi connectivity index (χ3v) is 7.32. The molecule has 11 nitrogen and oxygen atoms in total. The zero-order valence-corrected chi connectivity index (χ0v) is 25.9. The smallest absolute Gasteiger partial charge is 0.410 e. The van der Waals surface area contributed by atoms with Crippen LogP contribution < -0.4 is 5.32 Å². The lowest BCUT2D eigenvalue weighted by atomic mass is 9.98. The van der Waals surface area contributed by atoms with Crippen LogP contribution in [0, 0.1) is 0 Å². The lowest BCUT2D eigenvalue weighted by molar-refractivity contribution is -0.228. The molecule has 0 aromatic heterocycles. The van der Waals surface area contributed by atoms with Crippen molar-refractivity contribution >= 4 is 18.0 Å². The van der Waals surface area contributed by atoms with Crippen LogP contribution in [0.5, 0.6) is 0 Å². The molecule has 2 aliphatic heterocycles. The SMILES string of the molecule is CCOC(=O)/C(=C\C[C@@H](C[C@H]1O[C@@H](OC)[C@@H]2OC(C)(C)O[C@@H]21)N(Cc1ccccc1)C(=O)OCc1ccccc1)NC(C)=O. The van der Waals surface area contributed by atoms with Gasteiger partial charge in [0, 0.05) is 26.6 Å². The summed E-state index contributed by atoms with van der Waals surface area (Å²) in [5.41, 5.74) is 1.71. The average Bonchev–Trinajstić information content (AvgIpc) is 3.49. The van der Waals surface area contributed by atoms with Gasteiger partial charge in [0.1, 0.15) is 24.5 Å². The fourth-order valence-electron chi connectivity index (χ4n) is 5.40. The highest BCUT2D eigenvalue weighted by Crippen LogP contribution is 2.41. The second-order valence-electron chi connectivity index (χ2n) is 11.1. The summed E-state index contributed by atoms with van der Waals surface area (Å²) in [7, 11) is 1.54. The minimum Gasteiger partial charge on any atom is -0.461 e. The fraction of sp³-hybridized carbons (Fsp3) is 0.485. The van der Waals surface area contributed by atoms with Gasteiger partial charge in [0.2, 0.25) is 5.91 Å². The molecule has 1 N–H and O–H groups in total. The van der Waals surface area contributed by atoms with Crippen molar-refractivity contribution in [2.24, 2.45) is 0 Å². The number of esters is 1. The van der Waals surface area contributed by atoms with E-state index >= 15 is 0 Å². The number of methoxy groups -OCH3 is 1. The van der Waals surface area contributed by atoms with Crippen LogP contribution in [0.25, 0.3) is 0 Å². The van der Waals surface area contributed by atoms with E-state index in [4.69, 9.17) is 28.4 Å². The van der Waals surface area contributed by atoms with Gasteiger partial charge in [0.25, 0.3) is 0 Å². The summed E-state index contributed by atoms with van der Waals surface area (Å²) in [6.45, 7) is 7.09. The second kappa shape index (κ2) is 15.3. The molecule has 4 rings (SSSR count). The Labute approximate surface area is 258 Å². The summed E-state index contributed by atoms with van der Waals surface area (Å²) in [6, 6.07) is 18.4. The van der Waals surface area contributed by atoms with E-state index in [-0.39, 0.29) is 31.9 Å². The zero-order chi connectivity index (χ0) is 31.7. The molecule has 2 heterocycles. The Bertz CT molecular complexity index is 1280. The number of benzene rings is 2. The molecule has 11 heteroatoms. The van der Waals surface area contributed by atoms with Crippen LogP contribution in [0.4, 0.5) is 4.79 Å². The average molecular weight is 611 g/mol. The molecule has 2 saturated heterocycles. The van der Waals surface area contributed by atoms with Crippen LogP contribution in [0.1, 0.15) is 51.7 Å². The van der Waals surface area contributed by atoms with Crippen LogP contribution in [-0.4, -0.2) is 73.0 Å². The lowest BCUT2D eigenvalue weighted by Crippen LogP contribution is -2.44. The molecule has 0 saturated carbocycles. The number of nitrogens with one attached hydrogen (secondary N) is 1. The van der Waals surface area contributed by atoms with E-state index in [1.165, 1.54) is 6.92 Å². The third kappa shape index (κ3) is 8.88. The third-order valence-electron chi connectivity index (χ3n) is 7.32. The van der Waals surface area contributed by atoms with Crippen LogP contribution in [0.15, 0.2) is 72.4 Å². The van der Waals surface area contributed by atoms with Crippen molar-refractivity contribution in [2.45, 2.75) is 90.1 Å². The molecular weight excluding hydrogens is 568 g/mol. The van der Waals surface area contributed by atoms with Gasteiger partial charge in [-0.25, -0.2) is 9.59 Å². The molecule has 2 fully saturated rings. The number of fused-ring (bicyclic) bond motifs is 1. The number of rotatable bonds is 13. The Morgan fingerprint density at radius 1 is 0.977 bits per heavy atom. The number of nitrogens with zero attached hydrogens (tertiary/aromatic N) is 1. The van der Waals surface area contributed by atoms with E-state index in [0.29, 0.717) is 6.42 Å². The molecule has 2 aromatic rings. The van der Waals surface area contributed by atoms with Crippen molar-refractivity contribution in [3.8, 4) is 0 Å². The molecule has 2 aliphatic rings. The van der Waals surface area contributed by atoms with Crippen molar-refractivity contribution in [2.75, 3.05) is 13.7 Å². The van der Waals surface area contributed by atoms with Gasteiger partial charge < -0.3 is 38.6 Å². The van der Waals surface area contributed by atoms with Gasteiger partial charge in [0.15, 0.2) is 12.1 Å². The monoisotopic (exact) mass is 610 g/mol.